The molecule has 3 rings (SSSR count). The molecule has 0 radical (unpaired) electrons. The molecule has 150 valence electrons. The number of aryl methyl sites for hydroxylation is 1. The van der Waals surface area contributed by atoms with Gasteiger partial charge >= 0.3 is 5.97 Å². The second-order valence-corrected chi connectivity index (χ2v) is 7.15. The normalized spacial score (nSPS) is 10.2. The maximum atomic E-state index is 11.0. The number of hydrogen-bond acceptors (Lipinski definition) is 3. The molecule has 0 saturated heterocycles. The lowest BCUT2D eigenvalue weighted by molar-refractivity contribution is -0.137. The van der Waals surface area contributed by atoms with Gasteiger partial charge in [-0.25, -0.2) is 4.79 Å². The van der Waals surface area contributed by atoms with Crippen molar-refractivity contribution >= 4 is 5.97 Å². The minimum atomic E-state index is -0.351. The minimum absolute atomic E-state index is 0.351. The predicted octanol–water partition coefficient (Wildman–Crippen LogP) is 6.33. The van der Waals surface area contributed by atoms with Crippen LogP contribution in [0.2, 0.25) is 0 Å². The maximum absolute atomic E-state index is 11.0. The largest absolute Gasteiger partial charge is 0.463 e. The van der Waals surface area contributed by atoms with Crippen LogP contribution in [-0.4, -0.2) is 12.6 Å². The zero-order chi connectivity index (χ0) is 21.2. The zero-order valence-electron chi connectivity index (χ0n) is 17.0. The highest BCUT2D eigenvalue weighted by Crippen LogP contribution is 2.25. The number of hydrogen-bond donors (Lipinski definition) is 0. The van der Waals surface area contributed by atoms with Crippen molar-refractivity contribution in [3.05, 3.63) is 96.6 Å². The van der Waals surface area contributed by atoms with E-state index in [1.165, 1.54) is 22.8 Å². The molecule has 0 bridgehead atoms. The van der Waals surface area contributed by atoms with Gasteiger partial charge in [-0.15, -0.1) is 0 Å². The van der Waals surface area contributed by atoms with Gasteiger partial charge in [0.1, 0.15) is 0 Å². The summed E-state index contributed by atoms with van der Waals surface area (Å²) >= 11 is 0. The lowest BCUT2D eigenvalue weighted by Crippen LogP contribution is -2.01. The van der Waals surface area contributed by atoms with Crippen LogP contribution in [-0.2, 0) is 16.0 Å². The van der Waals surface area contributed by atoms with E-state index in [9.17, 15) is 4.79 Å². The van der Waals surface area contributed by atoms with Gasteiger partial charge in [-0.3, -0.25) is 0 Å². The Labute approximate surface area is 178 Å². The molecule has 0 heterocycles. The Kier molecular flexibility index (Phi) is 7.58. The molecule has 3 aromatic rings. The average molecular weight is 396 g/mol. The Morgan fingerprint density at radius 3 is 1.80 bits per heavy atom. The van der Waals surface area contributed by atoms with E-state index < -0.39 is 0 Å². The molecule has 0 fully saturated rings. The molecular weight excluding hydrogens is 370 g/mol. The molecule has 0 aliphatic carbocycles. The van der Waals surface area contributed by atoms with E-state index in [1.54, 1.807) is 0 Å². The van der Waals surface area contributed by atoms with E-state index in [1.807, 2.05) is 24.3 Å². The second kappa shape index (κ2) is 10.8. The number of nitriles is 1. The fourth-order valence-electron chi connectivity index (χ4n) is 3.30. The van der Waals surface area contributed by atoms with Crippen LogP contribution < -0.4 is 0 Å². The van der Waals surface area contributed by atoms with Crippen molar-refractivity contribution in [2.45, 2.75) is 25.7 Å². The lowest BCUT2D eigenvalue weighted by Gasteiger charge is -2.07. The van der Waals surface area contributed by atoms with Crippen LogP contribution in [0.1, 0.15) is 30.4 Å². The number of unbranched alkanes of at least 4 members (excludes halogenated alkanes) is 2. The number of esters is 1. The van der Waals surface area contributed by atoms with Gasteiger partial charge in [0.25, 0.3) is 0 Å². The van der Waals surface area contributed by atoms with Crippen molar-refractivity contribution in [2.24, 2.45) is 0 Å². The first-order valence-electron chi connectivity index (χ1n) is 10.2. The van der Waals surface area contributed by atoms with Gasteiger partial charge in [-0.05, 0) is 65.6 Å². The second-order valence-electron chi connectivity index (χ2n) is 7.15. The SMILES string of the molecule is C=CC(=O)OCCCCCc1ccc(-c2ccc(-c3ccc(C#N)cc3)cc2)cc1. The van der Waals surface area contributed by atoms with E-state index >= 15 is 0 Å². The first-order chi connectivity index (χ1) is 14.7. The topological polar surface area (TPSA) is 50.1 Å². The van der Waals surface area contributed by atoms with Crippen LogP contribution in [0.5, 0.6) is 0 Å². The summed E-state index contributed by atoms with van der Waals surface area (Å²) in [5.41, 5.74) is 6.61. The molecule has 0 aliphatic heterocycles. The third kappa shape index (κ3) is 5.93. The lowest BCUT2D eigenvalue weighted by atomic mass is 9.98. The first kappa shape index (κ1) is 21.1. The molecular formula is C27H25NO2. The van der Waals surface area contributed by atoms with Gasteiger partial charge in [-0.2, -0.15) is 5.26 Å². The number of nitrogens with zero attached hydrogens (tertiary/aromatic N) is 1. The molecule has 3 nitrogen and oxygen atoms in total. The van der Waals surface area contributed by atoms with Crippen molar-refractivity contribution in [3.8, 4) is 28.3 Å². The van der Waals surface area contributed by atoms with Crippen molar-refractivity contribution in [3.63, 3.8) is 0 Å². The third-order valence-corrected chi connectivity index (χ3v) is 5.04. The zero-order valence-corrected chi connectivity index (χ0v) is 17.0. The Bertz CT molecular complexity index is 1010. The molecule has 0 atom stereocenters. The standard InChI is InChI=1S/C27H25NO2/c1-2-27(29)30-19-5-3-4-6-21-7-11-23(12-8-21)25-15-17-26(18-16-25)24-13-9-22(20-28)10-14-24/h2,7-18H,1,3-6,19H2. The molecule has 0 unspecified atom stereocenters. The predicted molar refractivity (Wildman–Crippen MR) is 121 cm³/mol. The van der Waals surface area contributed by atoms with E-state index in [4.69, 9.17) is 10.00 Å². The van der Waals surface area contributed by atoms with Gasteiger partial charge in [0.2, 0.25) is 0 Å². The van der Waals surface area contributed by atoms with Gasteiger partial charge < -0.3 is 4.74 Å². The molecule has 3 aromatic carbocycles. The summed E-state index contributed by atoms with van der Waals surface area (Å²) in [4.78, 5) is 11.0. The van der Waals surface area contributed by atoms with Gasteiger partial charge in [0.15, 0.2) is 0 Å². The fourth-order valence-corrected chi connectivity index (χ4v) is 3.30. The van der Waals surface area contributed by atoms with E-state index in [0.717, 1.165) is 36.8 Å². The summed E-state index contributed by atoms with van der Waals surface area (Å²) in [6.07, 6.45) is 5.20. The molecule has 3 heteroatoms. The van der Waals surface area contributed by atoms with Crippen molar-refractivity contribution < 1.29 is 9.53 Å². The Balaban J connectivity index is 1.51. The summed E-state index contributed by atoms with van der Waals surface area (Å²) in [6, 6.07) is 27.0. The van der Waals surface area contributed by atoms with Gasteiger partial charge in [-0.1, -0.05) is 67.2 Å². The van der Waals surface area contributed by atoms with Crippen molar-refractivity contribution in [1.82, 2.24) is 0 Å². The van der Waals surface area contributed by atoms with Crippen molar-refractivity contribution in [2.75, 3.05) is 6.61 Å². The minimum Gasteiger partial charge on any atom is -0.463 e. The Morgan fingerprint density at radius 1 is 0.800 bits per heavy atom. The number of rotatable bonds is 9. The maximum Gasteiger partial charge on any atom is 0.330 e. The number of carbonyl (C=O) groups excluding carboxylic acids is 1. The molecule has 0 saturated carbocycles. The Morgan fingerprint density at radius 2 is 1.30 bits per heavy atom. The van der Waals surface area contributed by atoms with Crippen molar-refractivity contribution in [1.29, 1.82) is 5.26 Å². The highest BCUT2D eigenvalue weighted by molar-refractivity contribution is 5.81. The molecule has 30 heavy (non-hydrogen) atoms. The van der Waals surface area contributed by atoms with E-state index in [0.29, 0.717) is 12.2 Å². The molecule has 0 N–H and O–H groups in total. The van der Waals surface area contributed by atoms with Crippen LogP contribution in [0, 0.1) is 11.3 Å². The number of ether oxygens (including phenoxy) is 1. The monoisotopic (exact) mass is 395 g/mol. The number of benzene rings is 3. The van der Waals surface area contributed by atoms with Crippen LogP contribution in [0.3, 0.4) is 0 Å². The summed E-state index contributed by atoms with van der Waals surface area (Å²) in [7, 11) is 0. The van der Waals surface area contributed by atoms with E-state index in [2.05, 4.69) is 61.2 Å². The van der Waals surface area contributed by atoms with Crippen LogP contribution in [0.15, 0.2) is 85.5 Å². The summed E-state index contributed by atoms with van der Waals surface area (Å²) in [5, 5.41) is 8.92. The summed E-state index contributed by atoms with van der Waals surface area (Å²) in [5.74, 6) is -0.351. The molecule has 0 aliphatic rings. The highest BCUT2D eigenvalue weighted by atomic mass is 16.5. The smallest absolute Gasteiger partial charge is 0.330 e. The summed E-state index contributed by atoms with van der Waals surface area (Å²) in [6.45, 7) is 3.84. The average Bonchev–Trinajstić information content (AvgIpc) is 2.81. The third-order valence-electron chi connectivity index (χ3n) is 5.04. The van der Waals surface area contributed by atoms with Crippen LogP contribution in [0.25, 0.3) is 22.3 Å². The Hall–Kier alpha value is -3.64. The first-order valence-corrected chi connectivity index (χ1v) is 10.2. The molecule has 0 aromatic heterocycles. The molecule has 0 amide bonds. The fraction of sp³-hybridized carbons (Fsp3) is 0.185. The summed E-state index contributed by atoms with van der Waals surface area (Å²) < 4.78 is 4.99. The highest BCUT2D eigenvalue weighted by Gasteiger charge is 2.02. The van der Waals surface area contributed by atoms with Gasteiger partial charge in [0, 0.05) is 6.08 Å². The van der Waals surface area contributed by atoms with Crippen LogP contribution >= 0.6 is 0 Å². The van der Waals surface area contributed by atoms with Gasteiger partial charge in [0.05, 0.1) is 18.2 Å². The van der Waals surface area contributed by atoms with E-state index in [-0.39, 0.29) is 5.97 Å². The quantitative estimate of drug-likeness (QED) is 0.241. The number of carbonyl (C=O) groups is 1. The molecule has 0 spiro atoms. The van der Waals surface area contributed by atoms with Crippen LogP contribution in [0.4, 0.5) is 0 Å².